The molecule has 1 unspecified atom stereocenters. The van der Waals surface area contributed by atoms with Crippen molar-refractivity contribution >= 4 is 5.91 Å². The molecule has 1 rings (SSSR count). The van der Waals surface area contributed by atoms with Crippen LogP contribution in [0.5, 0.6) is 0 Å². The van der Waals surface area contributed by atoms with Crippen LogP contribution in [0.2, 0.25) is 0 Å². The van der Waals surface area contributed by atoms with Gasteiger partial charge >= 0.3 is 0 Å². The third kappa shape index (κ3) is 4.21. The average Bonchev–Trinajstić information content (AvgIpc) is 2.31. The number of carbonyl (C=O) groups is 1. The van der Waals surface area contributed by atoms with Gasteiger partial charge in [0.2, 0.25) is 0 Å². The fourth-order valence-electron chi connectivity index (χ4n) is 1.62. The zero-order valence-corrected chi connectivity index (χ0v) is 11.9. The van der Waals surface area contributed by atoms with Crippen molar-refractivity contribution in [1.82, 2.24) is 9.88 Å². The number of rotatable bonds is 4. The number of pyridine rings is 1. The van der Waals surface area contributed by atoms with Crippen LogP contribution in [0.1, 0.15) is 37.6 Å². The van der Waals surface area contributed by atoms with Crippen LogP contribution < -0.4 is 10.9 Å². The largest absolute Gasteiger partial charge is 0.393 e. The maximum absolute atomic E-state index is 11.8. The summed E-state index contributed by atoms with van der Waals surface area (Å²) in [5.41, 5.74) is -0.417. The molecule has 1 heterocycles. The number of aromatic nitrogens is 1. The molecule has 1 aromatic rings. The maximum Gasteiger partial charge on any atom is 0.263 e. The molecule has 0 saturated carbocycles. The van der Waals surface area contributed by atoms with Crippen LogP contribution in [0.25, 0.3) is 0 Å². The highest BCUT2D eigenvalue weighted by Gasteiger charge is 2.21. The van der Waals surface area contributed by atoms with E-state index in [1.54, 1.807) is 19.3 Å². The van der Waals surface area contributed by atoms with Crippen molar-refractivity contribution in [2.24, 2.45) is 12.5 Å². The Bertz CT molecular complexity index is 500. The van der Waals surface area contributed by atoms with E-state index in [-0.39, 0.29) is 16.5 Å². The summed E-state index contributed by atoms with van der Waals surface area (Å²) in [5.74, 6) is -0.401. The van der Waals surface area contributed by atoms with E-state index in [9.17, 15) is 14.7 Å². The number of aryl methyl sites for hydroxylation is 1. The van der Waals surface area contributed by atoms with Crippen LogP contribution in [-0.4, -0.2) is 28.2 Å². The lowest BCUT2D eigenvalue weighted by Gasteiger charge is -2.25. The first-order chi connectivity index (χ1) is 8.73. The van der Waals surface area contributed by atoms with Crippen LogP contribution in [0.4, 0.5) is 0 Å². The number of aliphatic hydroxyl groups is 1. The quantitative estimate of drug-likeness (QED) is 0.851. The number of nitrogens with one attached hydrogen (secondary N) is 1. The van der Waals surface area contributed by atoms with Crippen LogP contribution in [0, 0.1) is 5.41 Å². The lowest BCUT2D eigenvalue weighted by Crippen LogP contribution is -2.35. The normalized spacial score (nSPS) is 13.1. The first kappa shape index (κ1) is 15.4. The predicted molar refractivity (Wildman–Crippen MR) is 74.1 cm³/mol. The third-order valence-electron chi connectivity index (χ3n) is 3.07. The summed E-state index contributed by atoms with van der Waals surface area (Å²) in [6.45, 7) is 6.15. The van der Waals surface area contributed by atoms with E-state index in [1.807, 2.05) is 20.8 Å². The molecule has 106 valence electrons. The lowest BCUT2D eigenvalue weighted by atomic mass is 9.87. The number of aliphatic hydroxyl groups excluding tert-OH is 1. The van der Waals surface area contributed by atoms with E-state index in [4.69, 9.17) is 0 Å². The lowest BCUT2D eigenvalue weighted by molar-refractivity contribution is 0.0551. The topological polar surface area (TPSA) is 71.3 Å². The SMILES string of the molecule is Cn1cccc(C(=O)NCCC(O)C(C)(C)C)c1=O. The van der Waals surface area contributed by atoms with Crippen molar-refractivity contribution in [1.29, 1.82) is 0 Å². The summed E-state index contributed by atoms with van der Waals surface area (Å²) in [7, 11) is 1.60. The van der Waals surface area contributed by atoms with Gasteiger partial charge in [0, 0.05) is 19.8 Å². The second-order valence-corrected chi connectivity index (χ2v) is 5.76. The molecule has 0 aromatic carbocycles. The molecule has 0 aliphatic rings. The van der Waals surface area contributed by atoms with Crippen LogP contribution in [0.3, 0.4) is 0 Å². The van der Waals surface area contributed by atoms with Crippen molar-refractivity contribution in [2.75, 3.05) is 6.54 Å². The summed E-state index contributed by atoms with van der Waals surface area (Å²) in [4.78, 5) is 23.6. The Morgan fingerprint density at radius 2 is 2.11 bits per heavy atom. The van der Waals surface area contributed by atoms with Crippen molar-refractivity contribution in [3.8, 4) is 0 Å². The van der Waals surface area contributed by atoms with Crippen molar-refractivity contribution < 1.29 is 9.90 Å². The van der Waals surface area contributed by atoms with Gasteiger partial charge in [-0.25, -0.2) is 0 Å². The summed E-state index contributed by atoms with van der Waals surface area (Å²) in [6.07, 6.45) is 1.57. The number of nitrogens with zero attached hydrogens (tertiary/aromatic N) is 1. The Balaban J connectivity index is 2.58. The van der Waals surface area contributed by atoms with Gasteiger partial charge in [-0.05, 0) is 24.0 Å². The Labute approximate surface area is 113 Å². The van der Waals surface area contributed by atoms with Crippen LogP contribution >= 0.6 is 0 Å². The Hall–Kier alpha value is -1.62. The highest BCUT2D eigenvalue weighted by Crippen LogP contribution is 2.20. The molecule has 0 aliphatic heterocycles. The van der Waals surface area contributed by atoms with Crippen LogP contribution in [-0.2, 0) is 7.05 Å². The highest BCUT2D eigenvalue weighted by atomic mass is 16.3. The Kier molecular flexibility index (Phi) is 4.89. The van der Waals surface area contributed by atoms with E-state index in [1.165, 1.54) is 10.6 Å². The average molecular weight is 266 g/mol. The molecule has 0 fully saturated rings. The van der Waals surface area contributed by atoms with Gasteiger partial charge in [0.05, 0.1) is 6.10 Å². The minimum atomic E-state index is -0.494. The number of carbonyl (C=O) groups excluding carboxylic acids is 1. The molecule has 0 aliphatic carbocycles. The minimum Gasteiger partial charge on any atom is -0.393 e. The summed E-state index contributed by atoms with van der Waals surface area (Å²) < 4.78 is 1.36. The Morgan fingerprint density at radius 1 is 1.47 bits per heavy atom. The first-order valence-corrected chi connectivity index (χ1v) is 6.35. The molecule has 0 spiro atoms. The van der Waals surface area contributed by atoms with Crippen LogP contribution in [0.15, 0.2) is 23.1 Å². The second kappa shape index (κ2) is 6.02. The third-order valence-corrected chi connectivity index (χ3v) is 3.07. The summed E-state index contributed by atoms with van der Waals surface area (Å²) in [6, 6.07) is 3.15. The molecular weight excluding hydrogens is 244 g/mol. The molecule has 5 heteroatoms. The van der Waals surface area contributed by atoms with Crippen molar-refractivity contribution in [3.05, 3.63) is 34.2 Å². The van der Waals surface area contributed by atoms with E-state index in [0.29, 0.717) is 13.0 Å². The van der Waals surface area contributed by atoms with E-state index >= 15 is 0 Å². The number of hydrogen-bond donors (Lipinski definition) is 2. The van der Waals surface area contributed by atoms with Crippen molar-refractivity contribution in [2.45, 2.75) is 33.3 Å². The highest BCUT2D eigenvalue weighted by molar-refractivity contribution is 5.93. The monoisotopic (exact) mass is 266 g/mol. The first-order valence-electron chi connectivity index (χ1n) is 6.35. The fourth-order valence-corrected chi connectivity index (χ4v) is 1.62. The number of hydrogen-bond acceptors (Lipinski definition) is 3. The molecule has 0 saturated heterocycles. The van der Waals surface area contributed by atoms with E-state index in [0.717, 1.165) is 0 Å². The second-order valence-electron chi connectivity index (χ2n) is 5.76. The van der Waals surface area contributed by atoms with Gasteiger partial charge in [0.15, 0.2) is 0 Å². The Morgan fingerprint density at radius 3 is 2.68 bits per heavy atom. The molecule has 1 atom stereocenters. The van der Waals surface area contributed by atoms with Gasteiger partial charge in [-0.1, -0.05) is 20.8 Å². The van der Waals surface area contributed by atoms with Crippen molar-refractivity contribution in [3.63, 3.8) is 0 Å². The van der Waals surface area contributed by atoms with E-state index < -0.39 is 12.0 Å². The summed E-state index contributed by atoms with van der Waals surface area (Å²) >= 11 is 0. The molecule has 0 bridgehead atoms. The van der Waals surface area contributed by atoms with Gasteiger partial charge < -0.3 is 15.0 Å². The van der Waals surface area contributed by atoms with Gasteiger partial charge in [-0.3, -0.25) is 9.59 Å². The minimum absolute atomic E-state index is 0.121. The molecule has 0 radical (unpaired) electrons. The zero-order valence-electron chi connectivity index (χ0n) is 11.9. The molecule has 2 N–H and O–H groups in total. The molecular formula is C14H22N2O3. The zero-order chi connectivity index (χ0) is 14.6. The maximum atomic E-state index is 11.8. The van der Waals surface area contributed by atoms with Gasteiger partial charge in [-0.15, -0.1) is 0 Å². The predicted octanol–water partition coefficient (Wildman–Crippen LogP) is 0.912. The molecule has 5 nitrogen and oxygen atoms in total. The van der Waals surface area contributed by atoms with Gasteiger partial charge in [-0.2, -0.15) is 0 Å². The molecule has 1 amide bonds. The molecule has 19 heavy (non-hydrogen) atoms. The molecule has 1 aromatic heterocycles. The van der Waals surface area contributed by atoms with E-state index in [2.05, 4.69) is 5.32 Å². The fraction of sp³-hybridized carbons (Fsp3) is 0.571. The van der Waals surface area contributed by atoms with Gasteiger partial charge in [0.25, 0.3) is 11.5 Å². The smallest absolute Gasteiger partial charge is 0.263 e. The summed E-state index contributed by atoms with van der Waals surface area (Å²) in [5, 5.41) is 12.5. The standard InChI is InChI=1S/C14H22N2O3/c1-14(2,3)11(17)7-8-15-12(18)10-6-5-9-16(4)13(10)19/h5-6,9,11,17H,7-8H2,1-4H3,(H,15,18). The van der Waals surface area contributed by atoms with Gasteiger partial charge in [0.1, 0.15) is 5.56 Å². The number of amides is 1.